The van der Waals surface area contributed by atoms with Crippen LogP contribution in [0.4, 0.5) is 10.1 Å². The van der Waals surface area contributed by atoms with Crippen LogP contribution in [0, 0.1) is 5.82 Å². The van der Waals surface area contributed by atoms with E-state index in [9.17, 15) is 4.39 Å². The number of rotatable bonds is 4. The van der Waals surface area contributed by atoms with Crippen molar-refractivity contribution in [3.63, 3.8) is 0 Å². The zero-order chi connectivity index (χ0) is 14.7. The van der Waals surface area contributed by atoms with Gasteiger partial charge in [-0.2, -0.15) is 0 Å². The standard InChI is InChI=1S/C16H18BrFN2/c1-11(19)16-14(18)4-3-5-15(16)20(2)10-12-6-8-13(17)9-7-12/h3-9,11H,10,19H2,1-2H3/t11-/m1/s1. The van der Waals surface area contributed by atoms with Gasteiger partial charge in [-0.05, 0) is 36.8 Å². The van der Waals surface area contributed by atoms with Crippen LogP contribution in [-0.2, 0) is 6.54 Å². The van der Waals surface area contributed by atoms with Gasteiger partial charge >= 0.3 is 0 Å². The second kappa shape index (κ2) is 6.37. The van der Waals surface area contributed by atoms with E-state index in [-0.39, 0.29) is 11.9 Å². The van der Waals surface area contributed by atoms with Crippen molar-refractivity contribution in [1.82, 2.24) is 0 Å². The summed E-state index contributed by atoms with van der Waals surface area (Å²) in [5.74, 6) is -0.250. The van der Waals surface area contributed by atoms with Crippen LogP contribution in [0.25, 0.3) is 0 Å². The molecule has 2 rings (SSSR count). The Bertz CT molecular complexity index is 582. The third-order valence-electron chi connectivity index (χ3n) is 3.23. The molecule has 106 valence electrons. The second-order valence-corrected chi connectivity index (χ2v) is 5.86. The molecule has 1 atom stereocenters. The van der Waals surface area contributed by atoms with E-state index in [2.05, 4.69) is 15.9 Å². The van der Waals surface area contributed by atoms with Crippen molar-refractivity contribution in [3.8, 4) is 0 Å². The SMILES string of the molecule is C[C@@H](N)c1c(F)cccc1N(C)Cc1ccc(Br)cc1. The Labute approximate surface area is 127 Å². The minimum Gasteiger partial charge on any atom is -0.370 e. The normalized spacial score (nSPS) is 12.2. The summed E-state index contributed by atoms with van der Waals surface area (Å²) in [7, 11) is 1.95. The maximum atomic E-state index is 13.9. The van der Waals surface area contributed by atoms with Crippen LogP contribution in [0.5, 0.6) is 0 Å². The average Bonchev–Trinajstić information content (AvgIpc) is 2.40. The number of hydrogen-bond acceptors (Lipinski definition) is 2. The van der Waals surface area contributed by atoms with Gasteiger partial charge in [0.05, 0.1) is 0 Å². The quantitative estimate of drug-likeness (QED) is 0.904. The van der Waals surface area contributed by atoms with Crippen LogP contribution in [0.2, 0.25) is 0 Å². The maximum Gasteiger partial charge on any atom is 0.130 e. The highest BCUT2D eigenvalue weighted by Gasteiger charge is 2.15. The van der Waals surface area contributed by atoms with E-state index in [1.54, 1.807) is 13.0 Å². The Balaban J connectivity index is 2.27. The van der Waals surface area contributed by atoms with Crippen LogP contribution < -0.4 is 10.6 Å². The molecule has 2 aromatic rings. The van der Waals surface area contributed by atoms with E-state index in [0.717, 1.165) is 15.7 Å². The summed E-state index contributed by atoms with van der Waals surface area (Å²) in [5, 5.41) is 0. The first-order chi connectivity index (χ1) is 9.49. The van der Waals surface area contributed by atoms with Gasteiger partial charge in [0.25, 0.3) is 0 Å². The molecule has 0 aliphatic heterocycles. The third kappa shape index (κ3) is 3.38. The van der Waals surface area contributed by atoms with Crippen molar-refractivity contribution >= 4 is 21.6 Å². The molecule has 2 N–H and O–H groups in total. The monoisotopic (exact) mass is 336 g/mol. The van der Waals surface area contributed by atoms with E-state index in [1.165, 1.54) is 6.07 Å². The number of anilines is 1. The summed E-state index contributed by atoms with van der Waals surface area (Å²) in [6.45, 7) is 2.51. The first kappa shape index (κ1) is 15.0. The van der Waals surface area contributed by atoms with E-state index >= 15 is 0 Å². The molecule has 0 bridgehead atoms. The highest BCUT2D eigenvalue weighted by Crippen LogP contribution is 2.28. The Morgan fingerprint density at radius 1 is 1.20 bits per heavy atom. The predicted octanol–water partition coefficient (Wildman–Crippen LogP) is 4.24. The van der Waals surface area contributed by atoms with E-state index in [4.69, 9.17) is 5.73 Å². The Hall–Kier alpha value is -1.39. The number of hydrogen-bond donors (Lipinski definition) is 1. The largest absolute Gasteiger partial charge is 0.370 e. The lowest BCUT2D eigenvalue weighted by molar-refractivity contribution is 0.592. The van der Waals surface area contributed by atoms with Crippen LogP contribution in [0.3, 0.4) is 0 Å². The number of nitrogens with two attached hydrogens (primary N) is 1. The molecular weight excluding hydrogens is 319 g/mol. The van der Waals surface area contributed by atoms with Crippen molar-refractivity contribution in [2.75, 3.05) is 11.9 Å². The molecule has 2 aromatic carbocycles. The molecule has 0 aliphatic rings. The number of nitrogens with zero attached hydrogens (tertiary/aromatic N) is 1. The molecule has 0 aliphatic carbocycles. The predicted molar refractivity (Wildman–Crippen MR) is 85.3 cm³/mol. The Morgan fingerprint density at radius 3 is 2.45 bits per heavy atom. The summed E-state index contributed by atoms with van der Waals surface area (Å²) in [6, 6.07) is 12.8. The first-order valence-electron chi connectivity index (χ1n) is 6.48. The van der Waals surface area contributed by atoms with Crippen molar-refractivity contribution < 1.29 is 4.39 Å². The molecule has 0 spiro atoms. The molecule has 0 saturated heterocycles. The molecule has 0 radical (unpaired) electrons. The molecule has 0 saturated carbocycles. The molecular formula is C16H18BrFN2. The first-order valence-corrected chi connectivity index (χ1v) is 7.28. The Kier molecular flexibility index (Phi) is 4.78. The molecule has 0 fully saturated rings. The summed E-state index contributed by atoms with van der Waals surface area (Å²) in [5.41, 5.74) is 8.45. The average molecular weight is 337 g/mol. The summed E-state index contributed by atoms with van der Waals surface area (Å²) >= 11 is 3.42. The van der Waals surface area contributed by atoms with Crippen molar-refractivity contribution in [1.29, 1.82) is 0 Å². The zero-order valence-electron chi connectivity index (χ0n) is 11.6. The van der Waals surface area contributed by atoms with Gasteiger partial charge < -0.3 is 10.6 Å². The van der Waals surface area contributed by atoms with Gasteiger partial charge in [-0.25, -0.2) is 4.39 Å². The topological polar surface area (TPSA) is 29.3 Å². The summed E-state index contributed by atoms with van der Waals surface area (Å²) < 4.78 is 15.0. The molecule has 4 heteroatoms. The lowest BCUT2D eigenvalue weighted by atomic mass is 10.0. The highest BCUT2D eigenvalue weighted by molar-refractivity contribution is 9.10. The number of halogens is 2. The fourth-order valence-electron chi connectivity index (χ4n) is 2.26. The zero-order valence-corrected chi connectivity index (χ0v) is 13.2. The van der Waals surface area contributed by atoms with Gasteiger partial charge in [0.2, 0.25) is 0 Å². The van der Waals surface area contributed by atoms with Gasteiger partial charge in [-0.15, -0.1) is 0 Å². The van der Waals surface area contributed by atoms with Crippen molar-refractivity contribution in [2.45, 2.75) is 19.5 Å². The smallest absolute Gasteiger partial charge is 0.130 e. The van der Waals surface area contributed by atoms with Gasteiger partial charge in [0.1, 0.15) is 5.82 Å². The highest BCUT2D eigenvalue weighted by atomic mass is 79.9. The summed E-state index contributed by atoms with van der Waals surface area (Å²) in [4.78, 5) is 2.02. The molecule has 0 heterocycles. The fraction of sp³-hybridized carbons (Fsp3) is 0.250. The van der Waals surface area contributed by atoms with Gasteiger partial charge in [0.15, 0.2) is 0 Å². The minimum atomic E-state index is -0.335. The molecule has 0 aromatic heterocycles. The summed E-state index contributed by atoms with van der Waals surface area (Å²) in [6.07, 6.45) is 0. The number of benzene rings is 2. The fourth-order valence-corrected chi connectivity index (χ4v) is 2.52. The van der Waals surface area contributed by atoms with E-state index < -0.39 is 0 Å². The molecule has 0 amide bonds. The van der Waals surface area contributed by atoms with Crippen LogP contribution in [0.15, 0.2) is 46.9 Å². The van der Waals surface area contributed by atoms with Gasteiger partial charge in [-0.1, -0.05) is 34.1 Å². The second-order valence-electron chi connectivity index (χ2n) is 4.94. The van der Waals surface area contributed by atoms with Crippen LogP contribution >= 0.6 is 15.9 Å². The molecule has 2 nitrogen and oxygen atoms in total. The van der Waals surface area contributed by atoms with Crippen molar-refractivity contribution in [3.05, 3.63) is 63.9 Å². The van der Waals surface area contributed by atoms with Gasteiger partial charge in [0, 0.05) is 35.4 Å². The molecule has 0 unspecified atom stereocenters. The third-order valence-corrected chi connectivity index (χ3v) is 3.76. The minimum absolute atomic E-state index is 0.250. The maximum absolute atomic E-state index is 13.9. The van der Waals surface area contributed by atoms with Crippen LogP contribution in [0.1, 0.15) is 24.1 Å². The van der Waals surface area contributed by atoms with Crippen LogP contribution in [-0.4, -0.2) is 7.05 Å². The lowest BCUT2D eigenvalue weighted by Crippen LogP contribution is -2.21. The Morgan fingerprint density at radius 2 is 1.85 bits per heavy atom. The van der Waals surface area contributed by atoms with Crippen molar-refractivity contribution in [2.24, 2.45) is 5.73 Å². The lowest BCUT2D eigenvalue weighted by Gasteiger charge is -2.24. The van der Waals surface area contributed by atoms with Gasteiger partial charge in [-0.3, -0.25) is 0 Å². The molecule has 20 heavy (non-hydrogen) atoms. The van der Waals surface area contributed by atoms with E-state index in [1.807, 2.05) is 42.3 Å². The van der Waals surface area contributed by atoms with E-state index in [0.29, 0.717) is 12.1 Å².